The van der Waals surface area contributed by atoms with Gasteiger partial charge in [0.2, 0.25) is 0 Å². The van der Waals surface area contributed by atoms with Gasteiger partial charge in [-0.2, -0.15) is 0 Å². The Labute approximate surface area is 134 Å². The van der Waals surface area contributed by atoms with Gasteiger partial charge in [0.25, 0.3) is 5.91 Å². The molecule has 0 spiro atoms. The molecule has 0 aliphatic rings. The molecule has 1 amide bonds. The summed E-state index contributed by atoms with van der Waals surface area (Å²) in [5.41, 5.74) is 0.486. The van der Waals surface area contributed by atoms with Crippen LogP contribution in [0.15, 0.2) is 42.5 Å². The molecule has 0 heterocycles. The van der Waals surface area contributed by atoms with Crippen LogP contribution in [0.25, 0.3) is 10.8 Å². The summed E-state index contributed by atoms with van der Waals surface area (Å²) in [6.45, 7) is 1.45. The molecule has 0 bridgehead atoms. The first kappa shape index (κ1) is 16.7. The Kier molecular flexibility index (Phi) is 5.46. The lowest BCUT2D eigenvalue weighted by Gasteiger charge is -2.16. The summed E-state index contributed by atoms with van der Waals surface area (Å²) in [5, 5.41) is 4.42. The van der Waals surface area contributed by atoms with Crippen molar-refractivity contribution in [1.82, 2.24) is 5.32 Å². The Morgan fingerprint density at radius 2 is 1.78 bits per heavy atom. The molecule has 1 atom stereocenters. The van der Waals surface area contributed by atoms with E-state index < -0.39 is 12.0 Å². The number of carbonyl (C=O) groups is 3. The Hall–Kier alpha value is -2.69. The Balaban J connectivity index is 2.23. The van der Waals surface area contributed by atoms with Gasteiger partial charge >= 0.3 is 5.97 Å². The number of Topliss-reactive ketones (excluding diaryl/α,β-unsaturated/α-hetero) is 1. The van der Waals surface area contributed by atoms with Gasteiger partial charge in [-0.05, 0) is 30.2 Å². The summed E-state index contributed by atoms with van der Waals surface area (Å²) in [4.78, 5) is 35.5. The zero-order valence-electron chi connectivity index (χ0n) is 13.2. The molecule has 1 N–H and O–H groups in total. The summed E-state index contributed by atoms with van der Waals surface area (Å²) in [7, 11) is 1.26. The molecule has 0 saturated carbocycles. The van der Waals surface area contributed by atoms with Gasteiger partial charge in [0.1, 0.15) is 11.8 Å². The largest absolute Gasteiger partial charge is 0.467 e. The van der Waals surface area contributed by atoms with E-state index in [0.717, 1.165) is 10.8 Å². The summed E-state index contributed by atoms with van der Waals surface area (Å²) >= 11 is 0. The van der Waals surface area contributed by atoms with Crippen molar-refractivity contribution in [2.45, 2.75) is 25.8 Å². The average molecular weight is 313 g/mol. The number of benzene rings is 2. The maximum Gasteiger partial charge on any atom is 0.328 e. The van der Waals surface area contributed by atoms with Gasteiger partial charge < -0.3 is 14.8 Å². The third-order valence-electron chi connectivity index (χ3n) is 3.61. The minimum absolute atomic E-state index is 0.0432. The molecule has 0 saturated heterocycles. The molecule has 2 rings (SSSR count). The van der Waals surface area contributed by atoms with E-state index in [-0.39, 0.29) is 24.5 Å². The first-order valence-electron chi connectivity index (χ1n) is 7.39. The molecule has 0 fully saturated rings. The maximum absolute atomic E-state index is 12.5. The summed E-state index contributed by atoms with van der Waals surface area (Å²) in [6.07, 6.45) is 0.425. The van der Waals surface area contributed by atoms with Crippen molar-refractivity contribution in [2.24, 2.45) is 0 Å². The molecule has 23 heavy (non-hydrogen) atoms. The molecule has 5 nitrogen and oxygen atoms in total. The third-order valence-corrected chi connectivity index (χ3v) is 3.61. The molecule has 120 valence electrons. The molecule has 5 heteroatoms. The van der Waals surface area contributed by atoms with Crippen LogP contribution in [0.4, 0.5) is 0 Å². The number of fused-ring (bicyclic) bond motifs is 1. The van der Waals surface area contributed by atoms with Crippen LogP contribution in [0, 0.1) is 0 Å². The molecular weight excluding hydrogens is 294 g/mol. The zero-order chi connectivity index (χ0) is 16.8. The second-order valence-corrected chi connectivity index (χ2v) is 5.32. The van der Waals surface area contributed by atoms with Gasteiger partial charge in [-0.25, -0.2) is 4.79 Å². The SMILES string of the molecule is COC(=O)[C@@H](CCC(C)=O)NC(=O)c1cccc2ccccc12. The number of ether oxygens (including phenoxy) is 1. The lowest BCUT2D eigenvalue weighted by molar-refractivity contribution is -0.143. The molecule has 0 aliphatic heterocycles. The van der Waals surface area contributed by atoms with Crippen molar-refractivity contribution >= 4 is 28.4 Å². The van der Waals surface area contributed by atoms with Crippen molar-refractivity contribution in [3.8, 4) is 0 Å². The Bertz CT molecular complexity index is 733. The highest BCUT2D eigenvalue weighted by Gasteiger charge is 2.23. The lowest BCUT2D eigenvalue weighted by Crippen LogP contribution is -2.41. The van der Waals surface area contributed by atoms with Gasteiger partial charge in [0.15, 0.2) is 0 Å². The lowest BCUT2D eigenvalue weighted by atomic mass is 10.0. The van der Waals surface area contributed by atoms with Crippen LogP contribution in [0.1, 0.15) is 30.1 Å². The van der Waals surface area contributed by atoms with Crippen LogP contribution in [-0.4, -0.2) is 30.8 Å². The van der Waals surface area contributed by atoms with E-state index in [9.17, 15) is 14.4 Å². The molecule has 2 aromatic carbocycles. The second-order valence-electron chi connectivity index (χ2n) is 5.32. The quantitative estimate of drug-likeness (QED) is 0.832. The van der Waals surface area contributed by atoms with E-state index in [0.29, 0.717) is 5.56 Å². The normalized spacial score (nSPS) is 11.7. The van der Waals surface area contributed by atoms with Crippen LogP contribution in [-0.2, 0) is 14.3 Å². The van der Waals surface area contributed by atoms with Gasteiger partial charge in [-0.3, -0.25) is 4.79 Å². The number of carbonyl (C=O) groups excluding carboxylic acids is 3. The molecule has 0 aromatic heterocycles. The average Bonchev–Trinajstić information content (AvgIpc) is 2.56. The third kappa shape index (κ3) is 4.16. The number of hydrogen-bond donors (Lipinski definition) is 1. The van der Waals surface area contributed by atoms with Crippen molar-refractivity contribution in [1.29, 1.82) is 0 Å². The fourth-order valence-corrected chi connectivity index (χ4v) is 2.40. The Morgan fingerprint density at radius 3 is 2.48 bits per heavy atom. The van der Waals surface area contributed by atoms with Crippen LogP contribution in [0.3, 0.4) is 0 Å². The fraction of sp³-hybridized carbons (Fsp3) is 0.278. The van der Waals surface area contributed by atoms with Crippen molar-refractivity contribution < 1.29 is 19.1 Å². The molecular formula is C18H19NO4. The Morgan fingerprint density at radius 1 is 1.09 bits per heavy atom. The van der Waals surface area contributed by atoms with E-state index in [4.69, 9.17) is 4.74 Å². The summed E-state index contributed by atoms with van der Waals surface area (Å²) in [5.74, 6) is -0.959. The minimum Gasteiger partial charge on any atom is -0.467 e. The van der Waals surface area contributed by atoms with Crippen molar-refractivity contribution in [2.75, 3.05) is 7.11 Å². The van der Waals surface area contributed by atoms with Crippen LogP contribution < -0.4 is 5.32 Å². The van der Waals surface area contributed by atoms with Crippen LogP contribution in [0.2, 0.25) is 0 Å². The number of amides is 1. The number of nitrogens with one attached hydrogen (secondary N) is 1. The minimum atomic E-state index is -0.838. The second kappa shape index (κ2) is 7.54. The highest BCUT2D eigenvalue weighted by Crippen LogP contribution is 2.18. The molecule has 0 radical (unpaired) electrons. The van der Waals surface area contributed by atoms with Crippen molar-refractivity contribution in [3.05, 3.63) is 48.0 Å². The van der Waals surface area contributed by atoms with Gasteiger partial charge in [-0.15, -0.1) is 0 Å². The highest BCUT2D eigenvalue weighted by molar-refractivity contribution is 6.08. The molecule has 2 aromatic rings. The van der Waals surface area contributed by atoms with Gasteiger partial charge in [0.05, 0.1) is 7.11 Å². The maximum atomic E-state index is 12.5. The topological polar surface area (TPSA) is 72.5 Å². The van der Waals surface area contributed by atoms with E-state index in [1.807, 2.05) is 30.3 Å². The number of rotatable bonds is 6. The van der Waals surface area contributed by atoms with Crippen molar-refractivity contribution in [3.63, 3.8) is 0 Å². The summed E-state index contributed by atoms with van der Waals surface area (Å²) < 4.78 is 4.70. The smallest absolute Gasteiger partial charge is 0.328 e. The molecule has 0 unspecified atom stereocenters. The van der Waals surface area contributed by atoms with Crippen LogP contribution >= 0.6 is 0 Å². The number of ketones is 1. The van der Waals surface area contributed by atoms with Gasteiger partial charge in [-0.1, -0.05) is 36.4 Å². The summed E-state index contributed by atoms with van der Waals surface area (Å²) in [6, 6.07) is 12.1. The monoisotopic (exact) mass is 313 g/mol. The zero-order valence-corrected chi connectivity index (χ0v) is 13.2. The number of hydrogen-bond acceptors (Lipinski definition) is 4. The number of methoxy groups -OCH3 is 1. The number of esters is 1. The van der Waals surface area contributed by atoms with Gasteiger partial charge in [0, 0.05) is 12.0 Å². The van der Waals surface area contributed by atoms with E-state index in [1.165, 1.54) is 14.0 Å². The predicted octanol–water partition coefficient (Wildman–Crippen LogP) is 2.48. The van der Waals surface area contributed by atoms with E-state index >= 15 is 0 Å². The molecule has 0 aliphatic carbocycles. The predicted molar refractivity (Wildman–Crippen MR) is 87.1 cm³/mol. The fourth-order valence-electron chi connectivity index (χ4n) is 2.40. The highest BCUT2D eigenvalue weighted by atomic mass is 16.5. The first-order valence-corrected chi connectivity index (χ1v) is 7.39. The van der Waals surface area contributed by atoms with E-state index in [1.54, 1.807) is 12.1 Å². The van der Waals surface area contributed by atoms with E-state index in [2.05, 4.69) is 5.32 Å². The van der Waals surface area contributed by atoms with Crippen LogP contribution in [0.5, 0.6) is 0 Å². The standard InChI is InChI=1S/C18H19NO4/c1-12(20)10-11-16(18(22)23-2)19-17(21)15-9-5-7-13-6-3-4-8-14(13)15/h3-9,16H,10-11H2,1-2H3,(H,19,21)/t16-/m1/s1. The first-order chi connectivity index (χ1) is 11.0.